The molecule has 3 aromatic rings. The van der Waals surface area contributed by atoms with E-state index >= 15 is 0 Å². The molecule has 21 heteroatoms. The van der Waals surface area contributed by atoms with Gasteiger partial charge in [0, 0.05) is 36.7 Å². The van der Waals surface area contributed by atoms with Crippen LogP contribution in [0.2, 0.25) is 5.02 Å². The number of halogens is 7. The molecule has 14 nitrogen and oxygen atoms in total. The van der Waals surface area contributed by atoms with E-state index in [2.05, 4.69) is 38.1 Å². The van der Waals surface area contributed by atoms with Crippen molar-refractivity contribution in [2.24, 2.45) is 5.41 Å². The van der Waals surface area contributed by atoms with Crippen molar-refractivity contribution in [1.29, 1.82) is 0 Å². The Morgan fingerprint density at radius 2 is 1.50 bits per heavy atom. The monoisotopic (exact) mass is 791 g/mol. The van der Waals surface area contributed by atoms with Gasteiger partial charge in [0.15, 0.2) is 5.82 Å². The number of hydrogen-bond donors (Lipinski definition) is 6. The molecule has 0 saturated carbocycles. The summed E-state index contributed by atoms with van der Waals surface area (Å²) in [5, 5.41) is 33.9. The van der Waals surface area contributed by atoms with Crippen LogP contribution in [-0.4, -0.2) is 104 Å². The van der Waals surface area contributed by atoms with Crippen molar-refractivity contribution in [1.82, 2.24) is 19.8 Å². The summed E-state index contributed by atoms with van der Waals surface area (Å²) in [5.41, 5.74) is 4.28. The number of aromatic nitrogens is 2. The number of carboxylic acids is 2. The molecule has 2 amide bonds. The van der Waals surface area contributed by atoms with Gasteiger partial charge in [-0.25, -0.2) is 19.4 Å². The number of carboxylic acid groups (broad SMARTS) is 3. The number of nitrogens with zero attached hydrogens (tertiary/aromatic N) is 4. The van der Waals surface area contributed by atoms with Gasteiger partial charge in [0.2, 0.25) is 11.9 Å². The summed E-state index contributed by atoms with van der Waals surface area (Å²) >= 11 is 6.38. The highest BCUT2D eigenvalue weighted by molar-refractivity contribution is 6.32. The number of anilines is 5. The fraction of sp³-hybridized carbons (Fsp3) is 0.394. The van der Waals surface area contributed by atoms with Crippen LogP contribution >= 0.6 is 11.6 Å². The van der Waals surface area contributed by atoms with Gasteiger partial charge >= 0.3 is 30.4 Å². The summed E-state index contributed by atoms with van der Waals surface area (Å²) in [5.74, 6) is -4.73. The van der Waals surface area contributed by atoms with Crippen molar-refractivity contribution < 1.29 is 60.8 Å². The molecule has 6 N–H and O–H groups in total. The van der Waals surface area contributed by atoms with Crippen molar-refractivity contribution in [2.75, 3.05) is 42.1 Å². The Kier molecular flexibility index (Phi) is 14.1. The van der Waals surface area contributed by atoms with E-state index in [4.69, 9.17) is 31.4 Å². The summed E-state index contributed by atoms with van der Waals surface area (Å²) < 4.78 is 63.5. The number of rotatable bonds is 3. The molecule has 2 aliphatic rings. The van der Waals surface area contributed by atoms with E-state index in [1.165, 1.54) is 4.90 Å². The van der Waals surface area contributed by atoms with Crippen LogP contribution in [0.1, 0.15) is 31.9 Å². The number of benzene rings is 2. The predicted molar refractivity (Wildman–Crippen MR) is 184 cm³/mol. The largest absolute Gasteiger partial charge is 0.490 e. The van der Waals surface area contributed by atoms with Gasteiger partial charge in [-0.15, -0.1) is 0 Å². The van der Waals surface area contributed by atoms with Gasteiger partial charge in [0.1, 0.15) is 5.02 Å². The molecule has 1 fully saturated rings. The molecule has 0 spiro atoms. The van der Waals surface area contributed by atoms with Crippen LogP contribution in [-0.2, 0) is 27.2 Å². The first-order valence-corrected chi connectivity index (χ1v) is 16.2. The average molecular weight is 792 g/mol. The van der Waals surface area contributed by atoms with Crippen LogP contribution in [0, 0.1) is 5.41 Å². The topological polar surface area (TPSA) is 197 Å². The highest BCUT2D eigenvalue weighted by atomic mass is 35.5. The van der Waals surface area contributed by atoms with Crippen molar-refractivity contribution in [3.05, 3.63) is 64.8 Å². The quantitative estimate of drug-likeness (QED) is 0.155. The number of alkyl halides is 6. The Hall–Kier alpha value is -5.37. The van der Waals surface area contributed by atoms with Crippen LogP contribution in [0.5, 0.6) is 0 Å². The van der Waals surface area contributed by atoms with E-state index in [9.17, 15) is 41.0 Å². The smallest absolute Gasteiger partial charge is 0.475 e. The van der Waals surface area contributed by atoms with Crippen molar-refractivity contribution >= 4 is 64.4 Å². The van der Waals surface area contributed by atoms with Gasteiger partial charge in [-0.1, -0.05) is 44.5 Å². The number of aliphatic carboxylic acids is 2. The average Bonchev–Trinajstić information content (AvgIpc) is 3.05. The number of fused-ring (bicyclic) bond motifs is 6. The molecule has 6 bridgehead atoms. The lowest BCUT2D eigenvalue weighted by Gasteiger charge is -2.45. The Bertz CT molecular complexity index is 1820. The molecule has 0 aliphatic carbocycles. The highest BCUT2D eigenvalue weighted by Crippen LogP contribution is 2.31. The Morgan fingerprint density at radius 1 is 0.889 bits per heavy atom. The summed E-state index contributed by atoms with van der Waals surface area (Å²) in [6.45, 7) is 7.66. The maximum absolute atomic E-state index is 13.2. The van der Waals surface area contributed by atoms with E-state index in [0.29, 0.717) is 42.8 Å². The molecule has 2 aliphatic heterocycles. The molecule has 5 rings (SSSR count). The molecule has 0 radical (unpaired) electrons. The first-order chi connectivity index (χ1) is 24.9. The molecule has 1 atom stereocenters. The molecule has 1 aromatic heterocycles. The SMILES string of the molecule is CC(C)(C)C1CN(CC(=O)Nc2ccc3cc2CCc2cccc(c2)Nc2ncc(Cl)c(n2)N3)CCN1C(=O)O.O=C(O)C(F)(F)F.O=C(O)C(F)(F)F. The van der Waals surface area contributed by atoms with E-state index in [0.717, 1.165) is 34.6 Å². The standard InChI is InChI=1S/C29H34ClN7O3.2C2HF3O2/c1-29(2,3)24-16-36(11-12-37(24)28(39)40)17-25(38)34-23-10-9-21-14-19(23)8-7-18-5-4-6-20(13-18)33-27-31-15-22(30)26(32-21)35-27;2*3-2(4,5)1(6)7/h4-6,9-10,13-15,24H,7-8,11-12,16-17H2,1-3H3,(H,34,38)(H,39,40)(H2,31,32,33,35);2*(H,6,7). The van der Waals surface area contributed by atoms with Gasteiger partial charge in [-0.2, -0.15) is 31.3 Å². The Morgan fingerprint density at radius 3 is 2.07 bits per heavy atom. The maximum atomic E-state index is 13.2. The van der Waals surface area contributed by atoms with Gasteiger partial charge in [0.05, 0.1) is 18.8 Å². The molecule has 294 valence electrons. The minimum Gasteiger partial charge on any atom is -0.475 e. The molecule has 1 saturated heterocycles. The van der Waals surface area contributed by atoms with E-state index in [1.807, 2.05) is 56.0 Å². The lowest BCUT2D eigenvalue weighted by Crippen LogP contribution is -2.60. The number of amides is 2. The summed E-state index contributed by atoms with van der Waals surface area (Å²) in [6.07, 6.45) is -8.06. The number of aryl methyl sites for hydroxylation is 2. The third kappa shape index (κ3) is 12.9. The van der Waals surface area contributed by atoms with E-state index < -0.39 is 30.4 Å². The van der Waals surface area contributed by atoms with Crippen LogP contribution in [0.25, 0.3) is 0 Å². The van der Waals surface area contributed by atoms with Crippen LogP contribution in [0.3, 0.4) is 0 Å². The minimum absolute atomic E-state index is 0.133. The third-order valence-corrected chi connectivity index (χ3v) is 8.09. The lowest BCUT2D eigenvalue weighted by molar-refractivity contribution is -0.193. The molecular formula is C33H36ClF6N7O7. The van der Waals surface area contributed by atoms with Crippen molar-refractivity contribution in [3.63, 3.8) is 0 Å². The zero-order chi connectivity index (χ0) is 40.6. The number of hydrogen-bond acceptors (Lipinski definition) is 9. The predicted octanol–water partition coefficient (Wildman–Crippen LogP) is 6.63. The zero-order valence-corrected chi connectivity index (χ0v) is 29.6. The normalized spacial score (nSPS) is 15.8. The number of carbonyl (C=O) groups excluding carboxylic acids is 1. The number of carbonyl (C=O) groups is 4. The summed E-state index contributed by atoms with van der Waals surface area (Å²) in [6, 6.07) is 13.7. The minimum atomic E-state index is -5.08. The van der Waals surface area contributed by atoms with Crippen LogP contribution in [0.4, 0.5) is 60.0 Å². The second-order valence-electron chi connectivity index (χ2n) is 13.0. The third-order valence-electron chi connectivity index (χ3n) is 7.81. The maximum Gasteiger partial charge on any atom is 0.490 e. The molecule has 2 aromatic carbocycles. The fourth-order valence-electron chi connectivity index (χ4n) is 5.21. The number of piperazine rings is 1. The van der Waals surface area contributed by atoms with Crippen molar-refractivity contribution in [3.8, 4) is 0 Å². The van der Waals surface area contributed by atoms with Crippen LogP contribution < -0.4 is 16.0 Å². The first-order valence-electron chi connectivity index (χ1n) is 15.8. The van der Waals surface area contributed by atoms with Crippen LogP contribution in [0.15, 0.2) is 48.7 Å². The van der Waals surface area contributed by atoms with Gasteiger partial charge in [0.25, 0.3) is 0 Å². The second-order valence-corrected chi connectivity index (χ2v) is 13.4. The van der Waals surface area contributed by atoms with E-state index in [1.54, 1.807) is 6.20 Å². The van der Waals surface area contributed by atoms with Crippen molar-refractivity contribution in [2.45, 2.75) is 52.0 Å². The molecule has 54 heavy (non-hydrogen) atoms. The first kappa shape index (κ1) is 43.0. The lowest BCUT2D eigenvalue weighted by atomic mass is 9.84. The van der Waals surface area contributed by atoms with Gasteiger partial charge < -0.3 is 36.2 Å². The fourth-order valence-corrected chi connectivity index (χ4v) is 5.35. The molecular weight excluding hydrogens is 756 g/mol. The Labute approximate surface area is 309 Å². The van der Waals surface area contributed by atoms with E-state index in [-0.39, 0.29) is 23.9 Å². The number of nitrogens with one attached hydrogen (secondary N) is 3. The highest BCUT2D eigenvalue weighted by Gasteiger charge is 2.39. The van der Waals surface area contributed by atoms with Gasteiger partial charge in [-0.05, 0) is 59.7 Å². The second kappa shape index (κ2) is 17.6. The van der Waals surface area contributed by atoms with Gasteiger partial charge in [-0.3, -0.25) is 9.69 Å². The zero-order valence-electron chi connectivity index (χ0n) is 28.8. The summed E-state index contributed by atoms with van der Waals surface area (Å²) in [7, 11) is 0. The molecule has 1 unspecified atom stereocenters. The Balaban J connectivity index is 0.000000476. The molecule has 3 heterocycles. The summed E-state index contributed by atoms with van der Waals surface area (Å²) in [4.78, 5) is 55.1.